The van der Waals surface area contributed by atoms with Gasteiger partial charge in [-0.25, -0.2) is 8.42 Å². The van der Waals surface area contributed by atoms with Gasteiger partial charge in [-0.15, -0.1) is 10.2 Å². The highest BCUT2D eigenvalue weighted by atomic mass is 32.2. The van der Waals surface area contributed by atoms with Crippen LogP contribution in [0.5, 0.6) is 0 Å². The molecule has 0 saturated carbocycles. The lowest BCUT2D eigenvalue weighted by atomic mass is 10.3. The van der Waals surface area contributed by atoms with Crippen LogP contribution in [0.4, 0.5) is 10.8 Å². The molecule has 100 valence electrons. The fraction of sp³-hybridized carbons (Fsp3) is 0.111. The van der Waals surface area contributed by atoms with E-state index in [1.807, 2.05) is 0 Å². The molecule has 2 aromatic rings. The number of rotatable bonds is 4. The third-order valence-electron chi connectivity index (χ3n) is 2.10. The van der Waals surface area contributed by atoms with E-state index in [4.69, 9.17) is 0 Å². The number of nitro groups is 1. The predicted molar refractivity (Wildman–Crippen MR) is 68.6 cm³/mol. The van der Waals surface area contributed by atoms with Crippen LogP contribution in [0.25, 0.3) is 0 Å². The van der Waals surface area contributed by atoms with Crippen molar-refractivity contribution in [3.63, 3.8) is 0 Å². The molecule has 19 heavy (non-hydrogen) atoms. The molecule has 10 heteroatoms. The van der Waals surface area contributed by atoms with Gasteiger partial charge in [-0.3, -0.25) is 14.8 Å². The molecule has 1 aromatic carbocycles. The van der Waals surface area contributed by atoms with Crippen molar-refractivity contribution in [2.75, 3.05) is 4.72 Å². The number of hydrogen-bond acceptors (Lipinski definition) is 7. The lowest BCUT2D eigenvalue weighted by molar-refractivity contribution is -0.387. The Labute approximate surface area is 112 Å². The second-order valence-corrected chi connectivity index (χ2v) is 6.29. The van der Waals surface area contributed by atoms with Crippen molar-refractivity contribution in [2.45, 2.75) is 11.8 Å². The normalized spacial score (nSPS) is 11.2. The highest BCUT2D eigenvalue weighted by Gasteiger charge is 2.26. The van der Waals surface area contributed by atoms with Gasteiger partial charge in [0.15, 0.2) is 4.90 Å². The van der Waals surface area contributed by atoms with Crippen LogP contribution in [0.2, 0.25) is 0 Å². The smallest absolute Gasteiger partial charge is 0.258 e. The number of para-hydroxylation sites is 1. The first-order valence-corrected chi connectivity index (χ1v) is 7.26. The van der Waals surface area contributed by atoms with Crippen molar-refractivity contribution >= 4 is 32.2 Å². The lowest BCUT2D eigenvalue weighted by Gasteiger charge is -2.04. The summed E-state index contributed by atoms with van der Waals surface area (Å²) in [6.07, 6.45) is 0. The van der Waals surface area contributed by atoms with Crippen LogP contribution >= 0.6 is 11.3 Å². The fourth-order valence-electron chi connectivity index (χ4n) is 1.34. The Kier molecular flexibility index (Phi) is 3.44. The number of nitrogens with one attached hydrogen (secondary N) is 1. The second kappa shape index (κ2) is 4.90. The van der Waals surface area contributed by atoms with Crippen LogP contribution in [-0.2, 0) is 10.0 Å². The van der Waals surface area contributed by atoms with E-state index >= 15 is 0 Å². The summed E-state index contributed by atoms with van der Waals surface area (Å²) in [4.78, 5) is 9.65. The zero-order valence-electron chi connectivity index (χ0n) is 9.60. The van der Waals surface area contributed by atoms with Crippen molar-refractivity contribution in [1.29, 1.82) is 0 Å². The van der Waals surface area contributed by atoms with Crippen LogP contribution < -0.4 is 4.72 Å². The first-order chi connectivity index (χ1) is 8.90. The molecule has 0 aliphatic carbocycles. The average molecular weight is 300 g/mol. The number of hydrogen-bond donors (Lipinski definition) is 1. The Morgan fingerprint density at radius 3 is 2.58 bits per heavy atom. The molecular weight excluding hydrogens is 292 g/mol. The van der Waals surface area contributed by atoms with E-state index in [0.29, 0.717) is 5.01 Å². The Balaban J connectivity index is 2.43. The van der Waals surface area contributed by atoms with E-state index in [-0.39, 0.29) is 5.13 Å². The van der Waals surface area contributed by atoms with Gasteiger partial charge in [0.05, 0.1) is 4.92 Å². The average Bonchev–Trinajstić information content (AvgIpc) is 2.74. The van der Waals surface area contributed by atoms with E-state index in [1.165, 1.54) is 12.1 Å². The molecule has 0 aliphatic rings. The third-order valence-corrected chi connectivity index (χ3v) is 4.37. The quantitative estimate of drug-likeness (QED) is 0.676. The monoisotopic (exact) mass is 300 g/mol. The summed E-state index contributed by atoms with van der Waals surface area (Å²) in [5, 5.41) is 18.7. The number of aryl methyl sites for hydroxylation is 1. The maximum Gasteiger partial charge on any atom is 0.289 e. The van der Waals surface area contributed by atoms with Gasteiger partial charge in [0.2, 0.25) is 5.13 Å². The van der Waals surface area contributed by atoms with Gasteiger partial charge in [-0.2, -0.15) is 0 Å². The maximum absolute atomic E-state index is 12.1. The van der Waals surface area contributed by atoms with Crippen molar-refractivity contribution in [2.24, 2.45) is 0 Å². The lowest BCUT2D eigenvalue weighted by Crippen LogP contribution is -2.14. The van der Waals surface area contributed by atoms with Crippen molar-refractivity contribution in [3.8, 4) is 0 Å². The minimum Gasteiger partial charge on any atom is -0.258 e. The summed E-state index contributed by atoms with van der Waals surface area (Å²) < 4.78 is 26.3. The number of nitro benzene ring substituents is 1. The van der Waals surface area contributed by atoms with Gasteiger partial charge in [-0.1, -0.05) is 23.5 Å². The standard InChI is InChI=1S/C9H8N4O4S2/c1-6-10-11-9(18-6)12-19(16,17)8-5-3-2-4-7(8)13(14)15/h2-5H,1H3,(H,11,12). The minimum absolute atomic E-state index is 0.0654. The van der Waals surface area contributed by atoms with Gasteiger partial charge >= 0.3 is 0 Å². The summed E-state index contributed by atoms with van der Waals surface area (Å²) in [7, 11) is -4.06. The summed E-state index contributed by atoms with van der Waals surface area (Å²) in [5.74, 6) is 0. The molecule has 0 spiro atoms. The van der Waals surface area contributed by atoms with Crippen LogP contribution in [0.15, 0.2) is 29.2 Å². The molecule has 8 nitrogen and oxygen atoms in total. The molecular formula is C9H8N4O4S2. The molecule has 0 bridgehead atoms. The highest BCUT2D eigenvalue weighted by molar-refractivity contribution is 7.93. The Hall–Kier alpha value is -2.07. The van der Waals surface area contributed by atoms with Gasteiger partial charge < -0.3 is 0 Å². The molecule has 0 aliphatic heterocycles. The summed E-state index contributed by atoms with van der Waals surface area (Å²) >= 11 is 1.04. The number of sulfonamides is 1. The van der Waals surface area contributed by atoms with E-state index in [2.05, 4.69) is 14.9 Å². The van der Waals surface area contributed by atoms with Gasteiger partial charge in [0.25, 0.3) is 15.7 Å². The van der Waals surface area contributed by atoms with Crippen LogP contribution in [0.3, 0.4) is 0 Å². The zero-order chi connectivity index (χ0) is 14.0. The minimum atomic E-state index is -4.06. The molecule has 1 aromatic heterocycles. The number of anilines is 1. The second-order valence-electron chi connectivity index (χ2n) is 3.46. The molecule has 0 radical (unpaired) electrons. The molecule has 0 unspecified atom stereocenters. The predicted octanol–water partition coefficient (Wildman–Crippen LogP) is 1.56. The first-order valence-electron chi connectivity index (χ1n) is 4.96. The Bertz CT molecular complexity index is 725. The Morgan fingerprint density at radius 2 is 2.00 bits per heavy atom. The number of aromatic nitrogens is 2. The molecule has 0 fully saturated rings. The number of nitrogens with zero attached hydrogens (tertiary/aromatic N) is 3. The molecule has 0 atom stereocenters. The van der Waals surface area contributed by atoms with Crippen LogP contribution in [0, 0.1) is 17.0 Å². The Morgan fingerprint density at radius 1 is 1.32 bits per heavy atom. The third kappa shape index (κ3) is 2.85. The molecule has 0 saturated heterocycles. The van der Waals surface area contributed by atoms with E-state index in [9.17, 15) is 18.5 Å². The molecule has 0 amide bonds. The SMILES string of the molecule is Cc1nnc(NS(=O)(=O)c2ccccc2[N+](=O)[O-])s1. The van der Waals surface area contributed by atoms with E-state index in [0.717, 1.165) is 23.5 Å². The maximum atomic E-state index is 12.1. The summed E-state index contributed by atoms with van der Waals surface area (Å²) in [6.45, 7) is 1.67. The highest BCUT2D eigenvalue weighted by Crippen LogP contribution is 2.26. The van der Waals surface area contributed by atoms with Crippen molar-refractivity contribution < 1.29 is 13.3 Å². The summed E-state index contributed by atoms with van der Waals surface area (Å²) in [6, 6.07) is 5.09. The van der Waals surface area contributed by atoms with E-state index in [1.54, 1.807) is 6.92 Å². The molecule has 1 heterocycles. The largest absolute Gasteiger partial charge is 0.289 e. The van der Waals surface area contributed by atoms with Crippen molar-refractivity contribution in [3.05, 3.63) is 39.4 Å². The van der Waals surface area contributed by atoms with Crippen LogP contribution in [-0.4, -0.2) is 23.5 Å². The zero-order valence-corrected chi connectivity index (χ0v) is 11.2. The van der Waals surface area contributed by atoms with Gasteiger partial charge in [-0.05, 0) is 13.0 Å². The van der Waals surface area contributed by atoms with E-state index < -0.39 is 25.5 Å². The topological polar surface area (TPSA) is 115 Å². The fourth-order valence-corrected chi connectivity index (χ4v) is 3.34. The number of benzene rings is 1. The molecule has 2 rings (SSSR count). The van der Waals surface area contributed by atoms with Crippen molar-refractivity contribution in [1.82, 2.24) is 10.2 Å². The van der Waals surface area contributed by atoms with Gasteiger partial charge in [0.1, 0.15) is 5.01 Å². The first kappa shape index (κ1) is 13.4. The molecule has 1 N–H and O–H groups in total. The summed E-state index contributed by atoms with van der Waals surface area (Å²) in [5.41, 5.74) is -0.490. The van der Waals surface area contributed by atoms with Crippen LogP contribution in [0.1, 0.15) is 5.01 Å². The van der Waals surface area contributed by atoms with Gasteiger partial charge in [0, 0.05) is 6.07 Å².